The number of pyridine rings is 1. The molecule has 0 aliphatic heterocycles. The summed E-state index contributed by atoms with van der Waals surface area (Å²) in [7, 11) is 1.66. The lowest BCUT2D eigenvalue weighted by molar-refractivity contribution is 0.0715. The second kappa shape index (κ2) is 4.72. The molecule has 0 spiro atoms. The summed E-state index contributed by atoms with van der Waals surface area (Å²) >= 11 is 0. The quantitative estimate of drug-likeness (QED) is 0.681. The van der Waals surface area contributed by atoms with E-state index in [2.05, 4.69) is 4.98 Å². The molecule has 3 heteroatoms. The van der Waals surface area contributed by atoms with Gasteiger partial charge in [0.15, 0.2) is 0 Å². The summed E-state index contributed by atoms with van der Waals surface area (Å²) in [5.41, 5.74) is 0. The Balaban J connectivity index is 2.33. The Bertz CT molecular complexity index is 213. The van der Waals surface area contributed by atoms with E-state index in [4.69, 9.17) is 9.47 Å². The van der Waals surface area contributed by atoms with Gasteiger partial charge in [-0.2, -0.15) is 0 Å². The molecule has 0 saturated heterocycles. The van der Waals surface area contributed by atoms with Crippen LogP contribution < -0.4 is 4.74 Å². The van der Waals surface area contributed by atoms with E-state index in [0.717, 1.165) is 5.75 Å². The molecule has 0 aliphatic carbocycles. The summed E-state index contributed by atoms with van der Waals surface area (Å²) in [5.74, 6) is 0.779. The summed E-state index contributed by atoms with van der Waals surface area (Å²) in [5, 5.41) is 0. The highest BCUT2D eigenvalue weighted by atomic mass is 16.5. The molecule has 1 atom stereocenters. The zero-order valence-corrected chi connectivity index (χ0v) is 7.36. The first-order valence-corrected chi connectivity index (χ1v) is 3.88. The molecule has 0 saturated carbocycles. The molecule has 1 unspecified atom stereocenters. The molecule has 12 heavy (non-hydrogen) atoms. The molecule has 0 aromatic carbocycles. The van der Waals surface area contributed by atoms with E-state index in [1.54, 1.807) is 19.5 Å². The lowest BCUT2D eigenvalue weighted by Crippen LogP contribution is -2.15. The average molecular weight is 167 g/mol. The van der Waals surface area contributed by atoms with Crippen LogP contribution in [0.4, 0.5) is 0 Å². The third-order valence-electron chi connectivity index (χ3n) is 1.52. The van der Waals surface area contributed by atoms with Crippen LogP contribution in [0.15, 0.2) is 24.5 Å². The fourth-order valence-electron chi connectivity index (χ4n) is 0.714. The van der Waals surface area contributed by atoms with Crippen molar-refractivity contribution in [3.8, 4) is 5.75 Å². The first-order valence-electron chi connectivity index (χ1n) is 3.88. The van der Waals surface area contributed by atoms with E-state index in [1.165, 1.54) is 0 Å². The molecule has 1 aromatic heterocycles. The van der Waals surface area contributed by atoms with Crippen molar-refractivity contribution in [1.82, 2.24) is 4.98 Å². The van der Waals surface area contributed by atoms with Crippen LogP contribution in [-0.4, -0.2) is 24.8 Å². The van der Waals surface area contributed by atoms with Crippen molar-refractivity contribution >= 4 is 0 Å². The van der Waals surface area contributed by atoms with Gasteiger partial charge in [0, 0.05) is 13.3 Å². The molecule has 0 radical (unpaired) electrons. The van der Waals surface area contributed by atoms with Crippen LogP contribution >= 0.6 is 0 Å². The van der Waals surface area contributed by atoms with Crippen LogP contribution in [-0.2, 0) is 4.74 Å². The van der Waals surface area contributed by atoms with Crippen molar-refractivity contribution < 1.29 is 9.47 Å². The minimum Gasteiger partial charge on any atom is -0.489 e. The molecule has 0 fully saturated rings. The van der Waals surface area contributed by atoms with Gasteiger partial charge in [-0.1, -0.05) is 0 Å². The van der Waals surface area contributed by atoms with Crippen LogP contribution in [0.2, 0.25) is 0 Å². The Kier molecular flexibility index (Phi) is 3.54. The number of hydrogen-bond donors (Lipinski definition) is 0. The highest BCUT2D eigenvalue weighted by Crippen LogP contribution is 2.06. The molecular formula is C9H13NO2. The van der Waals surface area contributed by atoms with Crippen LogP contribution in [0.1, 0.15) is 6.92 Å². The van der Waals surface area contributed by atoms with Crippen molar-refractivity contribution in [3.05, 3.63) is 24.5 Å². The van der Waals surface area contributed by atoms with Gasteiger partial charge in [-0.3, -0.25) is 4.98 Å². The maximum Gasteiger partial charge on any atom is 0.137 e. The monoisotopic (exact) mass is 167 g/mol. The van der Waals surface area contributed by atoms with Crippen LogP contribution in [0.5, 0.6) is 5.75 Å². The zero-order valence-electron chi connectivity index (χ0n) is 7.36. The molecule has 1 aromatic rings. The highest BCUT2D eigenvalue weighted by molar-refractivity contribution is 5.15. The normalized spacial score (nSPS) is 12.5. The Hall–Kier alpha value is -1.09. The number of aromatic nitrogens is 1. The lowest BCUT2D eigenvalue weighted by atomic mass is 10.4. The predicted molar refractivity (Wildman–Crippen MR) is 46.2 cm³/mol. The standard InChI is InChI=1S/C9H13NO2/c1-8(11-2)7-12-9-4-3-5-10-6-9/h3-6,8H,7H2,1-2H3. The van der Waals surface area contributed by atoms with Gasteiger partial charge in [-0.05, 0) is 19.1 Å². The van der Waals surface area contributed by atoms with Crippen molar-refractivity contribution in [2.75, 3.05) is 13.7 Å². The molecule has 0 aliphatic rings. The van der Waals surface area contributed by atoms with E-state index in [9.17, 15) is 0 Å². The van der Waals surface area contributed by atoms with Gasteiger partial charge in [0.1, 0.15) is 12.4 Å². The maximum absolute atomic E-state index is 5.37. The van der Waals surface area contributed by atoms with E-state index < -0.39 is 0 Å². The number of hydrogen-bond acceptors (Lipinski definition) is 3. The number of nitrogens with zero attached hydrogens (tertiary/aromatic N) is 1. The van der Waals surface area contributed by atoms with Crippen LogP contribution in [0.25, 0.3) is 0 Å². The molecular weight excluding hydrogens is 154 g/mol. The van der Waals surface area contributed by atoms with Gasteiger partial charge < -0.3 is 9.47 Å². The predicted octanol–water partition coefficient (Wildman–Crippen LogP) is 1.50. The zero-order chi connectivity index (χ0) is 8.81. The first kappa shape index (κ1) is 9.00. The summed E-state index contributed by atoms with van der Waals surface area (Å²) < 4.78 is 10.4. The van der Waals surface area contributed by atoms with Gasteiger partial charge in [0.05, 0.1) is 12.3 Å². The molecule has 66 valence electrons. The lowest BCUT2D eigenvalue weighted by Gasteiger charge is -2.10. The number of ether oxygens (including phenoxy) is 2. The van der Waals surface area contributed by atoms with Gasteiger partial charge in [-0.25, -0.2) is 0 Å². The second-order valence-corrected chi connectivity index (χ2v) is 2.55. The Labute approximate surface area is 72.3 Å². The Morgan fingerprint density at radius 1 is 1.58 bits per heavy atom. The summed E-state index contributed by atoms with van der Waals surface area (Å²) in [6, 6.07) is 3.71. The number of rotatable bonds is 4. The van der Waals surface area contributed by atoms with Crippen LogP contribution in [0, 0.1) is 0 Å². The van der Waals surface area contributed by atoms with Crippen LogP contribution in [0.3, 0.4) is 0 Å². The second-order valence-electron chi connectivity index (χ2n) is 2.55. The summed E-state index contributed by atoms with van der Waals surface area (Å²) in [4.78, 5) is 3.92. The Morgan fingerprint density at radius 3 is 3.00 bits per heavy atom. The largest absolute Gasteiger partial charge is 0.489 e. The molecule has 3 nitrogen and oxygen atoms in total. The van der Waals surface area contributed by atoms with E-state index >= 15 is 0 Å². The fourth-order valence-corrected chi connectivity index (χ4v) is 0.714. The van der Waals surface area contributed by atoms with Gasteiger partial charge in [0.25, 0.3) is 0 Å². The van der Waals surface area contributed by atoms with Crippen molar-refractivity contribution in [2.45, 2.75) is 13.0 Å². The molecule has 1 rings (SSSR count). The minimum atomic E-state index is 0.116. The van der Waals surface area contributed by atoms with Gasteiger partial charge in [-0.15, -0.1) is 0 Å². The van der Waals surface area contributed by atoms with E-state index in [1.807, 2.05) is 19.1 Å². The minimum absolute atomic E-state index is 0.116. The topological polar surface area (TPSA) is 31.4 Å². The molecule has 1 heterocycles. The third-order valence-corrected chi connectivity index (χ3v) is 1.52. The maximum atomic E-state index is 5.37. The average Bonchev–Trinajstić information content (AvgIpc) is 2.16. The molecule has 0 N–H and O–H groups in total. The van der Waals surface area contributed by atoms with Crippen molar-refractivity contribution in [1.29, 1.82) is 0 Å². The third kappa shape index (κ3) is 2.88. The van der Waals surface area contributed by atoms with E-state index in [-0.39, 0.29) is 6.10 Å². The fraction of sp³-hybridized carbons (Fsp3) is 0.444. The molecule has 0 amide bonds. The van der Waals surface area contributed by atoms with Crippen molar-refractivity contribution in [3.63, 3.8) is 0 Å². The number of methoxy groups -OCH3 is 1. The van der Waals surface area contributed by atoms with E-state index in [0.29, 0.717) is 6.61 Å². The van der Waals surface area contributed by atoms with Gasteiger partial charge in [0.2, 0.25) is 0 Å². The molecule has 0 bridgehead atoms. The van der Waals surface area contributed by atoms with Crippen molar-refractivity contribution in [2.24, 2.45) is 0 Å². The summed E-state index contributed by atoms with van der Waals surface area (Å²) in [6.45, 7) is 2.51. The highest BCUT2D eigenvalue weighted by Gasteiger charge is 1.99. The summed E-state index contributed by atoms with van der Waals surface area (Å²) in [6.07, 6.45) is 3.51. The SMILES string of the molecule is COC(C)COc1cccnc1. The Morgan fingerprint density at radius 2 is 2.42 bits per heavy atom. The smallest absolute Gasteiger partial charge is 0.137 e. The first-order chi connectivity index (χ1) is 5.83. The van der Waals surface area contributed by atoms with Gasteiger partial charge >= 0.3 is 0 Å².